The fraction of sp³-hybridized carbons (Fsp3) is 0.600. The summed E-state index contributed by atoms with van der Waals surface area (Å²) in [5.41, 5.74) is 0. The number of hydrogen-bond donors (Lipinski definition) is 0. The highest BCUT2D eigenvalue weighted by molar-refractivity contribution is 9.14. The van der Waals surface area contributed by atoms with Crippen molar-refractivity contribution in [2.24, 2.45) is 0 Å². The molecule has 0 heterocycles. The Kier molecular flexibility index (Phi) is 8.56. The molecule has 0 aliphatic heterocycles. The normalized spacial score (nSPS) is 11.8. The van der Waals surface area contributed by atoms with Crippen LogP contribution in [0.2, 0.25) is 0 Å². The molecule has 0 N–H and O–H groups in total. The van der Waals surface area contributed by atoms with Gasteiger partial charge in [0, 0.05) is 21.8 Å². The van der Waals surface area contributed by atoms with E-state index in [9.17, 15) is 9.59 Å². The molecule has 4 nitrogen and oxygen atoms in total. The van der Waals surface area contributed by atoms with Crippen LogP contribution in [0.5, 0.6) is 0 Å². The summed E-state index contributed by atoms with van der Waals surface area (Å²) in [5.74, 6) is -0.550. The SMILES string of the molecule is CCC(=O)OCC(Br)=C(Br)COC(=O)CC. The Morgan fingerprint density at radius 2 is 1.19 bits per heavy atom. The molecule has 0 saturated heterocycles. The van der Waals surface area contributed by atoms with Crippen LogP contribution in [0.3, 0.4) is 0 Å². The van der Waals surface area contributed by atoms with Gasteiger partial charge < -0.3 is 9.47 Å². The van der Waals surface area contributed by atoms with Crippen molar-refractivity contribution in [1.29, 1.82) is 0 Å². The number of esters is 2. The van der Waals surface area contributed by atoms with Crippen LogP contribution in [0.4, 0.5) is 0 Å². The Morgan fingerprint density at radius 1 is 0.875 bits per heavy atom. The standard InChI is InChI=1S/C10H14Br2O4/c1-3-9(13)15-5-7(11)8(12)6-16-10(14)4-2/h3-6H2,1-2H3. The molecule has 0 aromatic heterocycles. The predicted octanol–water partition coefficient (Wildman–Crippen LogP) is 2.89. The highest BCUT2D eigenvalue weighted by Crippen LogP contribution is 2.19. The lowest BCUT2D eigenvalue weighted by molar-refractivity contribution is -0.143. The minimum Gasteiger partial charge on any atom is -0.460 e. The molecule has 0 atom stereocenters. The van der Waals surface area contributed by atoms with E-state index in [0.29, 0.717) is 21.8 Å². The lowest BCUT2D eigenvalue weighted by Gasteiger charge is -2.06. The Labute approximate surface area is 112 Å². The Balaban J connectivity index is 4.04. The van der Waals surface area contributed by atoms with Crippen LogP contribution in [0.15, 0.2) is 8.96 Å². The van der Waals surface area contributed by atoms with Crippen molar-refractivity contribution in [2.75, 3.05) is 13.2 Å². The van der Waals surface area contributed by atoms with E-state index in [2.05, 4.69) is 31.9 Å². The molecule has 0 amide bonds. The molecule has 0 unspecified atom stereocenters. The van der Waals surface area contributed by atoms with Gasteiger partial charge in [0.2, 0.25) is 0 Å². The largest absolute Gasteiger partial charge is 0.460 e. The highest BCUT2D eigenvalue weighted by Gasteiger charge is 2.07. The zero-order chi connectivity index (χ0) is 12.6. The maximum Gasteiger partial charge on any atom is 0.305 e. The number of ether oxygens (including phenoxy) is 2. The Hall–Kier alpha value is -0.360. The van der Waals surface area contributed by atoms with Gasteiger partial charge in [-0.05, 0) is 0 Å². The van der Waals surface area contributed by atoms with Crippen molar-refractivity contribution < 1.29 is 19.1 Å². The van der Waals surface area contributed by atoms with E-state index in [0.717, 1.165) is 0 Å². The third kappa shape index (κ3) is 7.00. The van der Waals surface area contributed by atoms with Gasteiger partial charge in [0.15, 0.2) is 0 Å². The van der Waals surface area contributed by atoms with Gasteiger partial charge >= 0.3 is 11.9 Å². The van der Waals surface area contributed by atoms with E-state index in [-0.39, 0.29) is 25.2 Å². The third-order valence-electron chi connectivity index (χ3n) is 1.59. The molecule has 0 aliphatic rings. The fourth-order valence-electron chi connectivity index (χ4n) is 0.648. The summed E-state index contributed by atoms with van der Waals surface area (Å²) in [6, 6.07) is 0. The lowest BCUT2D eigenvalue weighted by atomic mass is 10.5. The number of carbonyl (C=O) groups excluding carboxylic acids is 2. The number of hydrogen-bond acceptors (Lipinski definition) is 4. The van der Waals surface area contributed by atoms with Crippen LogP contribution in [-0.2, 0) is 19.1 Å². The molecule has 0 radical (unpaired) electrons. The number of rotatable bonds is 6. The molecule has 0 aliphatic carbocycles. The smallest absolute Gasteiger partial charge is 0.305 e. The van der Waals surface area contributed by atoms with Crippen molar-refractivity contribution in [3.63, 3.8) is 0 Å². The first-order valence-electron chi connectivity index (χ1n) is 4.85. The second-order valence-electron chi connectivity index (χ2n) is 2.84. The predicted molar refractivity (Wildman–Crippen MR) is 67.4 cm³/mol. The van der Waals surface area contributed by atoms with Crippen molar-refractivity contribution in [3.8, 4) is 0 Å². The molecule has 0 saturated carbocycles. The summed E-state index contributed by atoms with van der Waals surface area (Å²) in [5, 5.41) is 0. The summed E-state index contributed by atoms with van der Waals surface area (Å²) in [7, 11) is 0. The van der Waals surface area contributed by atoms with Gasteiger partial charge in [0.25, 0.3) is 0 Å². The summed E-state index contributed by atoms with van der Waals surface area (Å²) in [6.45, 7) is 3.71. The first-order chi connectivity index (χ1) is 7.51. The topological polar surface area (TPSA) is 52.6 Å². The van der Waals surface area contributed by atoms with E-state index in [4.69, 9.17) is 9.47 Å². The quantitative estimate of drug-likeness (QED) is 0.686. The van der Waals surface area contributed by atoms with E-state index >= 15 is 0 Å². The van der Waals surface area contributed by atoms with Crippen LogP contribution in [-0.4, -0.2) is 25.2 Å². The average Bonchev–Trinajstić information content (AvgIpc) is 2.31. The van der Waals surface area contributed by atoms with Gasteiger partial charge in [-0.2, -0.15) is 0 Å². The highest BCUT2D eigenvalue weighted by atomic mass is 79.9. The molecule has 16 heavy (non-hydrogen) atoms. The summed E-state index contributed by atoms with van der Waals surface area (Å²) >= 11 is 6.47. The van der Waals surface area contributed by atoms with Gasteiger partial charge in [-0.25, -0.2) is 0 Å². The Morgan fingerprint density at radius 3 is 1.44 bits per heavy atom. The number of halogens is 2. The van der Waals surface area contributed by atoms with E-state index in [1.807, 2.05) is 0 Å². The van der Waals surface area contributed by atoms with Crippen LogP contribution in [0.1, 0.15) is 26.7 Å². The van der Waals surface area contributed by atoms with E-state index in [1.54, 1.807) is 13.8 Å². The minimum atomic E-state index is -0.275. The summed E-state index contributed by atoms with van der Waals surface area (Å²) < 4.78 is 11.1. The maximum atomic E-state index is 10.9. The molecular weight excluding hydrogens is 344 g/mol. The monoisotopic (exact) mass is 356 g/mol. The molecule has 0 fully saturated rings. The van der Waals surface area contributed by atoms with Gasteiger partial charge in [-0.3, -0.25) is 9.59 Å². The molecular formula is C10H14Br2O4. The molecule has 0 rings (SSSR count). The lowest BCUT2D eigenvalue weighted by Crippen LogP contribution is -2.07. The second-order valence-corrected chi connectivity index (χ2v) is 4.75. The Bertz CT molecular complexity index is 259. The summed E-state index contributed by atoms with van der Waals surface area (Å²) in [4.78, 5) is 21.8. The van der Waals surface area contributed by atoms with Gasteiger partial charge in [0.05, 0.1) is 0 Å². The molecule has 0 bridgehead atoms. The first-order valence-corrected chi connectivity index (χ1v) is 6.44. The van der Waals surface area contributed by atoms with Crippen molar-refractivity contribution in [2.45, 2.75) is 26.7 Å². The van der Waals surface area contributed by atoms with Gasteiger partial charge in [-0.15, -0.1) is 0 Å². The molecule has 92 valence electrons. The van der Waals surface area contributed by atoms with Crippen LogP contribution in [0.25, 0.3) is 0 Å². The number of carbonyl (C=O) groups is 2. The first kappa shape index (κ1) is 15.6. The van der Waals surface area contributed by atoms with E-state index in [1.165, 1.54) is 0 Å². The van der Waals surface area contributed by atoms with Crippen molar-refractivity contribution >= 4 is 43.8 Å². The van der Waals surface area contributed by atoms with Crippen molar-refractivity contribution in [3.05, 3.63) is 8.96 Å². The zero-order valence-corrected chi connectivity index (χ0v) is 12.4. The van der Waals surface area contributed by atoms with Gasteiger partial charge in [0.1, 0.15) is 13.2 Å². The minimum absolute atomic E-state index is 0.136. The molecule has 6 heteroatoms. The molecule has 0 aromatic carbocycles. The van der Waals surface area contributed by atoms with Crippen LogP contribution < -0.4 is 0 Å². The maximum absolute atomic E-state index is 10.9. The van der Waals surface area contributed by atoms with Gasteiger partial charge in [-0.1, -0.05) is 45.7 Å². The third-order valence-corrected chi connectivity index (χ3v) is 3.54. The summed E-state index contributed by atoms with van der Waals surface area (Å²) in [6.07, 6.45) is 0.672. The van der Waals surface area contributed by atoms with E-state index < -0.39 is 0 Å². The fourth-order valence-corrected chi connectivity index (χ4v) is 1.11. The zero-order valence-electron chi connectivity index (χ0n) is 9.22. The average molecular weight is 358 g/mol. The second kappa shape index (κ2) is 8.75. The van der Waals surface area contributed by atoms with Crippen LogP contribution >= 0.6 is 31.9 Å². The van der Waals surface area contributed by atoms with Crippen molar-refractivity contribution in [1.82, 2.24) is 0 Å². The van der Waals surface area contributed by atoms with Crippen LogP contribution in [0, 0.1) is 0 Å². The molecule has 0 aromatic rings. The molecule has 0 spiro atoms.